The fraction of sp³-hybridized carbons (Fsp3) is 0.200. The van der Waals surface area contributed by atoms with Crippen LogP contribution >= 0.6 is 46.0 Å². The van der Waals surface area contributed by atoms with Gasteiger partial charge in [-0.1, -0.05) is 16.7 Å². The molecule has 1 aromatic heterocycles. The summed E-state index contributed by atoms with van der Waals surface area (Å²) in [4.78, 5) is 13.0. The molecule has 0 spiro atoms. The molecule has 0 radical (unpaired) electrons. The van der Waals surface area contributed by atoms with E-state index < -0.39 is 0 Å². The normalized spacial score (nSPS) is 10.5. The van der Waals surface area contributed by atoms with Crippen LogP contribution in [-0.4, -0.2) is 32.4 Å². The number of hydrogen-bond acceptors (Lipinski definition) is 5. The standard InChI is InChI=1S/C10H9ClIN5OS/c1-17-10(14-15-16-17)13-9(18)5-3-4-6(12)8(19-2)7(5)11/h3-4H,1-2H3,(H,13,14,16,18). The highest BCUT2D eigenvalue weighted by atomic mass is 127. The van der Waals surface area contributed by atoms with Crippen LogP contribution in [0.4, 0.5) is 5.95 Å². The molecule has 0 saturated heterocycles. The molecule has 100 valence electrons. The van der Waals surface area contributed by atoms with Gasteiger partial charge in [0.25, 0.3) is 5.91 Å². The number of nitrogens with one attached hydrogen (secondary N) is 1. The fourth-order valence-corrected chi connectivity index (χ4v) is 3.70. The van der Waals surface area contributed by atoms with Crippen molar-refractivity contribution in [2.24, 2.45) is 7.05 Å². The van der Waals surface area contributed by atoms with Crippen LogP contribution in [0.3, 0.4) is 0 Å². The van der Waals surface area contributed by atoms with Gasteiger partial charge in [-0.2, -0.15) is 0 Å². The van der Waals surface area contributed by atoms with Crippen molar-refractivity contribution < 1.29 is 4.79 Å². The monoisotopic (exact) mass is 409 g/mol. The zero-order valence-corrected chi connectivity index (χ0v) is 13.7. The van der Waals surface area contributed by atoms with Gasteiger partial charge in [0, 0.05) is 15.5 Å². The van der Waals surface area contributed by atoms with Crippen molar-refractivity contribution in [3.63, 3.8) is 0 Å². The van der Waals surface area contributed by atoms with E-state index in [1.807, 2.05) is 12.3 Å². The van der Waals surface area contributed by atoms with Crippen LogP contribution < -0.4 is 5.32 Å². The average molecular weight is 410 g/mol. The molecule has 1 amide bonds. The van der Waals surface area contributed by atoms with Gasteiger partial charge >= 0.3 is 0 Å². The van der Waals surface area contributed by atoms with E-state index in [9.17, 15) is 4.79 Å². The molecule has 0 atom stereocenters. The fourth-order valence-electron chi connectivity index (χ4n) is 1.40. The second-order valence-corrected chi connectivity index (χ2v) is 5.88. The van der Waals surface area contributed by atoms with Crippen molar-refractivity contribution in [2.45, 2.75) is 4.90 Å². The summed E-state index contributed by atoms with van der Waals surface area (Å²) >= 11 is 9.92. The molecule has 1 N–H and O–H groups in total. The van der Waals surface area contributed by atoms with Crippen LogP contribution in [0.2, 0.25) is 5.02 Å². The van der Waals surface area contributed by atoms with E-state index >= 15 is 0 Å². The third-order valence-corrected chi connectivity index (χ3v) is 4.95. The van der Waals surface area contributed by atoms with Crippen LogP contribution in [0.15, 0.2) is 17.0 Å². The summed E-state index contributed by atoms with van der Waals surface area (Å²) in [6.07, 6.45) is 1.91. The second kappa shape index (κ2) is 6.06. The van der Waals surface area contributed by atoms with E-state index in [1.54, 1.807) is 13.1 Å². The number of nitrogens with zero attached hydrogens (tertiary/aromatic N) is 4. The maximum atomic E-state index is 12.1. The number of aryl methyl sites for hydroxylation is 1. The number of halogens is 2. The van der Waals surface area contributed by atoms with Gasteiger partial charge in [-0.15, -0.1) is 11.8 Å². The molecule has 0 saturated carbocycles. The minimum Gasteiger partial charge on any atom is -0.289 e. The zero-order chi connectivity index (χ0) is 14.0. The van der Waals surface area contributed by atoms with E-state index in [0.29, 0.717) is 10.6 Å². The number of hydrogen-bond donors (Lipinski definition) is 1. The van der Waals surface area contributed by atoms with Gasteiger partial charge in [-0.25, -0.2) is 4.68 Å². The molecule has 0 bridgehead atoms. The number of anilines is 1. The lowest BCUT2D eigenvalue weighted by atomic mass is 10.2. The molecule has 1 aromatic carbocycles. The minimum absolute atomic E-state index is 0.269. The quantitative estimate of drug-likeness (QED) is 0.623. The second-order valence-electron chi connectivity index (χ2n) is 3.52. The van der Waals surface area contributed by atoms with Crippen molar-refractivity contribution in [2.75, 3.05) is 11.6 Å². The van der Waals surface area contributed by atoms with E-state index in [1.165, 1.54) is 16.4 Å². The molecular formula is C10H9ClIN5OS. The summed E-state index contributed by atoms with van der Waals surface area (Å²) in [5, 5.41) is 13.8. The number of tetrazole rings is 1. The minimum atomic E-state index is -0.338. The summed E-state index contributed by atoms with van der Waals surface area (Å²) in [6, 6.07) is 3.53. The first-order chi connectivity index (χ1) is 9.04. The zero-order valence-electron chi connectivity index (χ0n) is 10.0. The predicted octanol–water partition coefficient (Wildman–Crippen LogP) is 2.44. The van der Waals surface area contributed by atoms with Crippen molar-refractivity contribution in [1.82, 2.24) is 20.2 Å². The maximum Gasteiger partial charge on any atom is 0.259 e. The number of carbonyl (C=O) groups excluding carboxylic acids is 1. The summed E-state index contributed by atoms with van der Waals surface area (Å²) in [5.41, 5.74) is 0.398. The SMILES string of the molecule is CSc1c(I)ccc(C(=O)Nc2nnnn2C)c1Cl. The summed E-state index contributed by atoms with van der Waals surface area (Å²) in [6.45, 7) is 0. The van der Waals surface area contributed by atoms with E-state index in [0.717, 1.165) is 8.47 Å². The van der Waals surface area contributed by atoms with Crippen LogP contribution in [0, 0.1) is 3.57 Å². The Hall–Kier alpha value is -0.870. The summed E-state index contributed by atoms with van der Waals surface area (Å²) < 4.78 is 2.38. The molecule has 2 aromatic rings. The Kier molecular flexibility index (Phi) is 4.63. The van der Waals surface area contributed by atoms with E-state index in [2.05, 4.69) is 43.4 Å². The number of carbonyl (C=O) groups is 1. The van der Waals surface area contributed by atoms with Crippen LogP contribution in [-0.2, 0) is 7.05 Å². The van der Waals surface area contributed by atoms with Crippen molar-refractivity contribution >= 4 is 57.8 Å². The largest absolute Gasteiger partial charge is 0.289 e. The van der Waals surface area contributed by atoms with Crippen LogP contribution in [0.5, 0.6) is 0 Å². The van der Waals surface area contributed by atoms with E-state index in [4.69, 9.17) is 11.6 Å². The number of rotatable bonds is 3. The van der Waals surface area contributed by atoms with Crippen LogP contribution in [0.1, 0.15) is 10.4 Å². The summed E-state index contributed by atoms with van der Waals surface area (Å²) in [5.74, 6) is -0.0695. The molecule has 0 unspecified atom stereocenters. The van der Waals surface area contributed by atoms with Gasteiger partial charge in [0.15, 0.2) is 0 Å². The highest BCUT2D eigenvalue weighted by Crippen LogP contribution is 2.33. The topological polar surface area (TPSA) is 72.7 Å². The Labute approximate surface area is 132 Å². The Morgan fingerprint density at radius 1 is 1.53 bits per heavy atom. The number of benzene rings is 1. The summed E-state index contributed by atoms with van der Waals surface area (Å²) in [7, 11) is 1.64. The first kappa shape index (κ1) is 14.5. The molecule has 9 heteroatoms. The lowest BCUT2D eigenvalue weighted by Gasteiger charge is -2.09. The predicted molar refractivity (Wildman–Crippen MR) is 82.7 cm³/mol. The molecule has 2 rings (SSSR count). The number of aromatic nitrogens is 4. The van der Waals surface area contributed by atoms with Gasteiger partial charge in [0.1, 0.15) is 0 Å². The average Bonchev–Trinajstić information content (AvgIpc) is 2.75. The van der Waals surface area contributed by atoms with Gasteiger partial charge in [-0.05, 0) is 51.4 Å². The van der Waals surface area contributed by atoms with Crippen molar-refractivity contribution in [3.05, 3.63) is 26.3 Å². The molecular weight excluding hydrogens is 401 g/mol. The Morgan fingerprint density at radius 3 is 2.84 bits per heavy atom. The lowest BCUT2D eigenvalue weighted by Crippen LogP contribution is -2.16. The third kappa shape index (κ3) is 3.00. The Morgan fingerprint density at radius 2 is 2.26 bits per heavy atom. The first-order valence-electron chi connectivity index (χ1n) is 5.10. The maximum absolute atomic E-state index is 12.1. The molecule has 1 heterocycles. The molecule has 6 nitrogen and oxygen atoms in total. The van der Waals surface area contributed by atoms with Crippen molar-refractivity contribution in [3.8, 4) is 0 Å². The molecule has 0 fully saturated rings. The van der Waals surface area contributed by atoms with Gasteiger partial charge in [0.2, 0.25) is 5.95 Å². The Balaban J connectivity index is 2.32. The van der Waals surface area contributed by atoms with E-state index in [-0.39, 0.29) is 11.9 Å². The van der Waals surface area contributed by atoms with Crippen LogP contribution in [0.25, 0.3) is 0 Å². The van der Waals surface area contributed by atoms with Gasteiger partial charge in [0.05, 0.1) is 10.6 Å². The number of thioether (sulfide) groups is 1. The molecule has 0 aliphatic rings. The Bertz CT molecular complexity index is 632. The van der Waals surface area contributed by atoms with Crippen molar-refractivity contribution in [1.29, 1.82) is 0 Å². The highest BCUT2D eigenvalue weighted by Gasteiger charge is 2.17. The highest BCUT2D eigenvalue weighted by molar-refractivity contribution is 14.1. The first-order valence-corrected chi connectivity index (χ1v) is 7.78. The smallest absolute Gasteiger partial charge is 0.259 e. The molecule has 0 aliphatic carbocycles. The molecule has 19 heavy (non-hydrogen) atoms. The third-order valence-electron chi connectivity index (χ3n) is 2.34. The lowest BCUT2D eigenvalue weighted by molar-refractivity contribution is 0.102. The number of amides is 1. The molecule has 0 aliphatic heterocycles. The van der Waals surface area contributed by atoms with Gasteiger partial charge < -0.3 is 0 Å². The van der Waals surface area contributed by atoms with Gasteiger partial charge in [-0.3, -0.25) is 10.1 Å².